The minimum absolute atomic E-state index is 0.124. The summed E-state index contributed by atoms with van der Waals surface area (Å²) >= 11 is 0. The molecule has 1 atom stereocenters. The van der Waals surface area contributed by atoms with Crippen molar-refractivity contribution >= 4 is 21.6 Å². The highest BCUT2D eigenvalue weighted by molar-refractivity contribution is 7.89. The number of piperidine rings is 1. The molecule has 0 radical (unpaired) electrons. The fourth-order valence-electron chi connectivity index (χ4n) is 2.95. The summed E-state index contributed by atoms with van der Waals surface area (Å²) in [5.74, 6) is -0.294. The van der Waals surface area contributed by atoms with Crippen LogP contribution in [0, 0.1) is 5.92 Å². The molecular weight excluding hydrogens is 328 g/mol. The second-order valence-electron chi connectivity index (χ2n) is 6.14. The van der Waals surface area contributed by atoms with Gasteiger partial charge in [0.25, 0.3) is 0 Å². The van der Waals surface area contributed by atoms with E-state index < -0.39 is 10.0 Å². The molecule has 1 aromatic carbocycles. The van der Waals surface area contributed by atoms with Crippen molar-refractivity contribution < 1.29 is 17.9 Å². The second kappa shape index (κ2) is 8.60. The number of ether oxygens (including phenoxy) is 1. The van der Waals surface area contributed by atoms with Gasteiger partial charge in [0.15, 0.2) is 0 Å². The van der Waals surface area contributed by atoms with E-state index in [4.69, 9.17) is 4.74 Å². The molecule has 0 bridgehead atoms. The summed E-state index contributed by atoms with van der Waals surface area (Å²) < 4.78 is 31.0. The van der Waals surface area contributed by atoms with Crippen molar-refractivity contribution in [2.45, 2.75) is 32.8 Å². The largest absolute Gasteiger partial charge is 0.380 e. The van der Waals surface area contributed by atoms with E-state index in [9.17, 15) is 13.2 Å². The predicted octanol–water partition coefficient (Wildman–Crippen LogP) is 2.22. The lowest BCUT2D eigenvalue weighted by molar-refractivity contribution is -0.120. The van der Waals surface area contributed by atoms with Crippen LogP contribution in [0.2, 0.25) is 0 Å². The highest BCUT2D eigenvalue weighted by atomic mass is 32.2. The molecule has 0 spiro atoms. The Hall–Kier alpha value is -1.44. The maximum Gasteiger partial charge on any atom is 0.228 e. The Kier molecular flexibility index (Phi) is 6.77. The highest BCUT2D eigenvalue weighted by Gasteiger charge is 2.31. The van der Waals surface area contributed by atoms with Crippen LogP contribution in [-0.2, 0) is 26.2 Å². The third-order valence-electron chi connectivity index (χ3n) is 4.12. The number of carbonyl (C=O) groups excluding carboxylic acids is 1. The molecule has 1 fully saturated rings. The smallest absolute Gasteiger partial charge is 0.228 e. The average molecular weight is 354 g/mol. The number of amides is 1. The van der Waals surface area contributed by atoms with Gasteiger partial charge in [0.2, 0.25) is 15.9 Å². The SMILES string of the molecule is CCCS(=O)(=O)N1CCCC(C(=O)Nc2cccc(COC)c2)C1. The number of hydrogen-bond acceptors (Lipinski definition) is 4. The van der Waals surface area contributed by atoms with Gasteiger partial charge in [-0.15, -0.1) is 0 Å². The summed E-state index contributed by atoms with van der Waals surface area (Å²) in [7, 11) is -1.63. The zero-order valence-corrected chi connectivity index (χ0v) is 15.1. The van der Waals surface area contributed by atoms with Crippen LogP contribution in [0.1, 0.15) is 31.7 Å². The maximum atomic E-state index is 12.5. The summed E-state index contributed by atoms with van der Waals surface area (Å²) in [4.78, 5) is 12.5. The van der Waals surface area contributed by atoms with Gasteiger partial charge in [-0.25, -0.2) is 12.7 Å². The van der Waals surface area contributed by atoms with Crippen molar-refractivity contribution in [1.29, 1.82) is 0 Å². The summed E-state index contributed by atoms with van der Waals surface area (Å²) in [6, 6.07) is 7.49. The molecule has 1 aliphatic heterocycles. The topological polar surface area (TPSA) is 75.7 Å². The van der Waals surface area contributed by atoms with Crippen molar-refractivity contribution in [3.63, 3.8) is 0 Å². The van der Waals surface area contributed by atoms with E-state index in [-0.39, 0.29) is 24.1 Å². The molecule has 1 aromatic rings. The lowest BCUT2D eigenvalue weighted by atomic mass is 9.98. The van der Waals surface area contributed by atoms with Gasteiger partial charge in [-0.2, -0.15) is 0 Å². The number of anilines is 1. The molecule has 1 unspecified atom stereocenters. The first-order valence-corrected chi connectivity index (χ1v) is 9.93. The van der Waals surface area contributed by atoms with Crippen LogP contribution in [0.15, 0.2) is 24.3 Å². The van der Waals surface area contributed by atoms with E-state index >= 15 is 0 Å². The summed E-state index contributed by atoms with van der Waals surface area (Å²) in [5.41, 5.74) is 1.69. The number of methoxy groups -OCH3 is 1. The predicted molar refractivity (Wildman–Crippen MR) is 94.2 cm³/mol. The Morgan fingerprint density at radius 2 is 2.21 bits per heavy atom. The van der Waals surface area contributed by atoms with Gasteiger partial charge in [0.1, 0.15) is 0 Å². The van der Waals surface area contributed by atoms with Crippen LogP contribution >= 0.6 is 0 Å². The zero-order chi connectivity index (χ0) is 17.6. The number of hydrogen-bond donors (Lipinski definition) is 1. The minimum Gasteiger partial charge on any atom is -0.380 e. The van der Waals surface area contributed by atoms with Gasteiger partial charge in [-0.05, 0) is 37.0 Å². The molecule has 1 aliphatic rings. The van der Waals surface area contributed by atoms with Crippen molar-refractivity contribution in [2.24, 2.45) is 5.92 Å². The Labute approximate surface area is 144 Å². The second-order valence-corrected chi connectivity index (χ2v) is 8.22. The molecule has 6 nitrogen and oxygen atoms in total. The number of nitrogens with one attached hydrogen (secondary N) is 1. The van der Waals surface area contributed by atoms with E-state index in [1.54, 1.807) is 7.11 Å². The quantitative estimate of drug-likeness (QED) is 0.815. The summed E-state index contributed by atoms with van der Waals surface area (Å²) in [6.07, 6.45) is 2.01. The number of sulfonamides is 1. The monoisotopic (exact) mass is 354 g/mol. The fraction of sp³-hybridized carbons (Fsp3) is 0.588. The highest BCUT2D eigenvalue weighted by Crippen LogP contribution is 2.22. The Morgan fingerprint density at radius 3 is 2.92 bits per heavy atom. The first-order chi connectivity index (χ1) is 11.5. The van der Waals surface area contributed by atoms with Gasteiger partial charge < -0.3 is 10.1 Å². The van der Waals surface area contributed by atoms with E-state index in [0.29, 0.717) is 38.1 Å². The first kappa shape index (κ1) is 18.9. The van der Waals surface area contributed by atoms with Crippen LogP contribution in [0.3, 0.4) is 0 Å². The Balaban J connectivity index is 2.00. The molecule has 24 heavy (non-hydrogen) atoms. The Morgan fingerprint density at radius 1 is 1.42 bits per heavy atom. The molecule has 7 heteroatoms. The van der Waals surface area contributed by atoms with Gasteiger partial charge in [0, 0.05) is 25.9 Å². The van der Waals surface area contributed by atoms with E-state index in [0.717, 1.165) is 5.56 Å². The molecule has 1 saturated heterocycles. The average Bonchev–Trinajstić information content (AvgIpc) is 2.55. The van der Waals surface area contributed by atoms with Crippen molar-refractivity contribution in [3.8, 4) is 0 Å². The van der Waals surface area contributed by atoms with Gasteiger partial charge in [-0.3, -0.25) is 4.79 Å². The minimum atomic E-state index is -3.25. The van der Waals surface area contributed by atoms with Crippen LogP contribution in [0.4, 0.5) is 5.69 Å². The van der Waals surface area contributed by atoms with Gasteiger partial charge in [-0.1, -0.05) is 19.1 Å². The number of nitrogens with zero attached hydrogens (tertiary/aromatic N) is 1. The van der Waals surface area contributed by atoms with Gasteiger partial charge in [0.05, 0.1) is 18.3 Å². The Bertz CT molecular complexity index is 660. The van der Waals surface area contributed by atoms with Crippen LogP contribution in [0.25, 0.3) is 0 Å². The molecular formula is C17H26N2O4S. The standard InChI is InChI=1S/C17H26N2O4S/c1-3-10-24(21,22)19-9-5-7-15(12-19)17(20)18-16-8-4-6-14(11-16)13-23-2/h4,6,8,11,15H,3,5,7,9-10,12-13H2,1-2H3,(H,18,20). The zero-order valence-electron chi connectivity index (χ0n) is 14.3. The van der Waals surface area contributed by atoms with Crippen LogP contribution < -0.4 is 5.32 Å². The maximum absolute atomic E-state index is 12.5. The fourth-order valence-corrected chi connectivity index (χ4v) is 4.53. The molecule has 1 heterocycles. The lowest BCUT2D eigenvalue weighted by Gasteiger charge is -2.31. The number of rotatable bonds is 7. The third kappa shape index (κ3) is 5.03. The van der Waals surface area contributed by atoms with Crippen molar-refractivity contribution in [3.05, 3.63) is 29.8 Å². The summed E-state index contributed by atoms with van der Waals surface area (Å²) in [6.45, 7) is 3.11. The van der Waals surface area contributed by atoms with E-state index in [1.807, 2.05) is 31.2 Å². The van der Waals surface area contributed by atoms with E-state index in [2.05, 4.69) is 5.32 Å². The van der Waals surface area contributed by atoms with Crippen molar-refractivity contribution in [2.75, 3.05) is 31.3 Å². The van der Waals surface area contributed by atoms with Gasteiger partial charge >= 0.3 is 0 Å². The molecule has 134 valence electrons. The molecule has 1 N–H and O–H groups in total. The summed E-state index contributed by atoms with van der Waals surface area (Å²) in [5, 5.41) is 2.90. The lowest BCUT2D eigenvalue weighted by Crippen LogP contribution is -2.44. The van der Waals surface area contributed by atoms with Crippen LogP contribution in [0.5, 0.6) is 0 Å². The molecule has 0 aliphatic carbocycles. The van der Waals surface area contributed by atoms with Crippen LogP contribution in [-0.4, -0.2) is 44.6 Å². The third-order valence-corrected chi connectivity index (χ3v) is 6.16. The molecule has 0 saturated carbocycles. The van der Waals surface area contributed by atoms with E-state index in [1.165, 1.54) is 4.31 Å². The molecule has 0 aromatic heterocycles. The van der Waals surface area contributed by atoms with Crippen molar-refractivity contribution in [1.82, 2.24) is 4.31 Å². The first-order valence-electron chi connectivity index (χ1n) is 8.33. The molecule has 1 amide bonds. The normalized spacial score (nSPS) is 19.2. The molecule has 2 rings (SSSR count). The number of carbonyl (C=O) groups is 1. The number of benzene rings is 1.